The number of benzene rings is 1. The molecule has 0 saturated heterocycles. The molecular formula is C9H8NO. The Balaban J connectivity index is 2.79. The van der Waals surface area contributed by atoms with Crippen LogP contribution in [0.15, 0.2) is 28.9 Å². The first-order chi connectivity index (χ1) is 5.42. The predicted molar refractivity (Wildman–Crippen MR) is 44.6 cm³/mol. The minimum atomic E-state index is 0.803. The summed E-state index contributed by atoms with van der Waals surface area (Å²) in [6.45, 7) is 0. The Kier molecular flexibility index (Phi) is 1.32. The molecule has 0 amide bonds. The highest BCUT2D eigenvalue weighted by Gasteiger charge is 1.99. The van der Waals surface area contributed by atoms with E-state index < -0.39 is 0 Å². The molecule has 1 N–H and O–H groups in total. The van der Waals surface area contributed by atoms with Crippen LogP contribution < -0.4 is 5.32 Å². The molecule has 55 valence electrons. The van der Waals surface area contributed by atoms with Crippen LogP contribution in [0.5, 0.6) is 0 Å². The second-order valence-electron chi connectivity index (χ2n) is 2.30. The van der Waals surface area contributed by atoms with Crippen molar-refractivity contribution < 1.29 is 4.42 Å². The van der Waals surface area contributed by atoms with Gasteiger partial charge in [0.1, 0.15) is 5.58 Å². The van der Waals surface area contributed by atoms with Gasteiger partial charge in [-0.2, -0.15) is 0 Å². The first kappa shape index (κ1) is 6.28. The maximum atomic E-state index is 5.16. The Morgan fingerprint density at radius 2 is 2.36 bits per heavy atom. The number of anilines is 1. The number of nitrogens with one attached hydrogen (secondary N) is 1. The molecule has 1 aromatic carbocycles. The van der Waals surface area contributed by atoms with Crippen LogP contribution in [0.1, 0.15) is 0 Å². The zero-order valence-electron chi connectivity index (χ0n) is 6.22. The molecule has 0 bridgehead atoms. The van der Waals surface area contributed by atoms with Gasteiger partial charge in [-0.15, -0.1) is 0 Å². The third-order valence-electron chi connectivity index (χ3n) is 1.69. The van der Waals surface area contributed by atoms with Crippen LogP contribution in [0.2, 0.25) is 0 Å². The summed E-state index contributed by atoms with van der Waals surface area (Å²) in [6.07, 6.45) is 1.67. The highest BCUT2D eigenvalue weighted by molar-refractivity contribution is 5.89. The monoisotopic (exact) mass is 146 g/mol. The number of furan rings is 1. The Morgan fingerprint density at radius 3 is 3.18 bits per heavy atom. The van der Waals surface area contributed by atoms with Crippen LogP contribution in [0.3, 0.4) is 0 Å². The lowest BCUT2D eigenvalue weighted by atomic mass is 10.2. The van der Waals surface area contributed by atoms with Crippen LogP contribution in [0.25, 0.3) is 11.0 Å². The topological polar surface area (TPSA) is 25.2 Å². The van der Waals surface area contributed by atoms with Crippen molar-refractivity contribution in [2.75, 3.05) is 12.4 Å². The Hall–Kier alpha value is -1.44. The molecule has 0 atom stereocenters. The van der Waals surface area contributed by atoms with Crippen molar-refractivity contribution in [3.05, 3.63) is 30.5 Å². The normalized spacial score (nSPS) is 10.3. The van der Waals surface area contributed by atoms with Crippen LogP contribution >= 0.6 is 0 Å². The molecule has 0 spiro atoms. The van der Waals surface area contributed by atoms with Gasteiger partial charge >= 0.3 is 0 Å². The van der Waals surface area contributed by atoms with Crippen molar-refractivity contribution in [3.8, 4) is 0 Å². The molecular weight excluding hydrogens is 138 g/mol. The van der Waals surface area contributed by atoms with Crippen molar-refractivity contribution in [3.63, 3.8) is 0 Å². The van der Waals surface area contributed by atoms with E-state index in [1.165, 1.54) is 0 Å². The zero-order valence-corrected chi connectivity index (χ0v) is 6.22. The van der Waals surface area contributed by atoms with Crippen molar-refractivity contribution >= 4 is 16.7 Å². The third kappa shape index (κ3) is 0.871. The first-order valence-electron chi connectivity index (χ1n) is 3.47. The highest BCUT2D eigenvalue weighted by atomic mass is 16.3. The summed E-state index contributed by atoms with van der Waals surface area (Å²) in [4.78, 5) is 0. The van der Waals surface area contributed by atoms with E-state index >= 15 is 0 Å². The molecule has 2 rings (SSSR count). The van der Waals surface area contributed by atoms with Gasteiger partial charge < -0.3 is 9.73 Å². The van der Waals surface area contributed by atoms with Gasteiger partial charge in [0.15, 0.2) is 0 Å². The number of hydrogen-bond donors (Lipinski definition) is 1. The lowest BCUT2D eigenvalue weighted by Crippen LogP contribution is -1.86. The average Bonchev–Trinajstić information content (AvgIpc) is 2.50. The maximum absolute atomic E-state index is 5.16. The molecule has 0 saturated carbocycles. The second-order valence-corrected chi connectivity index (χ2v) is 2.30. The highest BCUT2D eigenvalue weighted by Crippen LogP contribution is 2.22. The first-order valence-corrected chi connectivity index (χ1v) is 3.47. The largest absolute Gasteiger partial charge is 0.464 e. The Bertz CT molecular complexity index is 364. The molecule has 1 aromatic heterocycles. The fraction of sp³-hybridized carbons (Fsp3) is 0.111. The van der Waals surface area contributed by atoms with Gasteiger partial charge in [0.2, 0.25) is 0 Å². The molecule has 0 aliphatic heterocycles. The summed E-state index contributed by atoms with van der Waals surface area (Å²) in [5, 5.41) is 4.15. The van der Waals surface area contributed by atoms with Gasteiger partial charge in [-0.05, 0) is 18.2 Å². The summed E-state index contributed by atoms with van der Waals surface area (Å²) in [5.41, 5.74) is 1.88. The summed E-state index contributed by atoms with van der Waals surface area (Å²) < 4.78 is 5.16. The third-order valence-corrected chi connectivity index (χ3v) is 1.69. The van der Waals surface area contributed by atoms with Gasteiger partial charge in [-0.3, -0.25) is 0 Å². The smallest absolute Gasteiger partial charge is 0.143 e. The molecule has 11 heavy (non-hydrogen) atoms. The molecule has 0 aliphatic rings. The maximum Gasteiger partial charge on any atom is 0.143 e. The van der Waals surface area contributed by atoms with Gasteiger partial charge in [-0.1, -0.05) is 0 Å². The molecule has 2 nitrogen and oxygen atoms in total. The van der Waals surface area contributed by atoms with E-state index in [1.807, 2.05) is 25.2 Å². The van der Waals surface area contributed by atoms with Gasteiger partial charge in [0.25, 0.3) is 0 Å². The number of hydrogen-bond acceptors (Lipinski definition) is 2. The van der Waals surface area contributed by atoms with Gasteiger partial charge in [0.05, 0.1) is 6.26 Å². The van der Waals surface area contributed by atoms with Crippen molar-refractivity contribution in [2.45, 2.75) is 0 Å². The minimum absolute atomic E-state index is 0.803. The lowest BCUT2D eigenvalue weighted by molar-refractivity contribution is 0.615. The lowest BCUT2D eigenvalue weighted by Gasteiger charge is -1.98. The quantitative estimate of drug-likeness (QED) is 0.667. The predicted octanol–water partition coefficient (Wildman–Crippen LogP) is 2.27. The average molecular weight is 146 g/mol. The molecule has 0 fully saturated rings. The molecule has 0 aliphatic carbocycles. The molecule has 2 heteroatoms. The Labute approximate surface area is 64.8 Å². The van der Waals surface area contributed by atoms with Crippen LogP contribution in [0.4, 0.5) is 5.69 Å². The molecule has 2 aromatic rings. The molecule has 1 radical (unpaired) electrons. The van der Waals surface area contributed by atoms with Gasteiger partial charge in [-0.25, -0.2) is 0 Å². The number of fused-ring (bicyclic) bond motifs is 1. The standard InChI is InChI=1S/C9H8NO/c1-10-8-3-2-4-9-7(8)5-6-11-9/h2-3,5-6,10H,1H3. The van der Waals surface area contributed by atoms with Crippen LogP contribution in [0, 0.1) is 6.07 Å². The van der Waals surface area contributed by atoms with Crippen LogP contribution in [-0.2, 0) is 0 Å². The molecule has 0 unspecified atom stereocenters. The van der Waals surface area contributed by atoms with Crippen molar-refractivity contribution in [2.24, 2.45) is 0 Å². The van der Waals surface area contributed by atoms with Crippen molar-refractivity contribution in [1.29, 1.82) is 0 Å². The Morgan fingerprint density at radius 1 is 1.45 bits per heavy atom. The fourth-order valence-corrected chi connectivity index (χ4v) is 1.14. The van der Waals surface area contributed by atoms with E-state index in [0.29, 0.717) is 0 Å². The fourth-order valence-electron chi connectivity index (χ4n) is 1.14. The zero-order chi connectivity index (χ0) is 7.68. The number of rotatable bonds is 1. The van der Waals surface area contributed by atoms with E-state index in [4.69, 9.17) is 4.42 Å². The SMILES string of the molecule is CNc1cc[c]c2occc12. The van der Waals surface area contributed by atoms with Crippen LogP contribution in [-0.4, -0.2) is 7.05 Å². The van der Waals surface area contributed by atoms with Gasteiger partial charge in [0, 0.05) is 24.2 Å². The minimum Gasteiger partial charge on any atom is -0.464 e. The summed E-state index contributed by atoms with van der Waals surface area (Å²) in [6, 6.07) is 8.74. The van der Waals surface area contributed by atoms with E-state index in [2.05, 4.69) is 11.4 Å². The van der Waals surface area contributed by atoms with Crippen molar-refractivity contribution in [1.82, 2.24) is 0 Å². The summed E-state index contributed by atoms with van der Waals surface area (Å²) in [5.74, 6) is 0. The second kappa shape index (κ2) is 2.31. The summed E-state index contributed by atoms with van der Waals surface area (Å²) in [7, 11) is 1.89. The van der Waals surface area contributed by atoms with E-state index in [1.54, 1.807) is 6.26 Å². The van der Waals surface area contributed by atoms with E-state index in [0.717, 1.165) is 16.7 Å². The van der Waals surface area contributed by atoms with E-state index in [-0.39, 0.29) is 0 Å². The van der Waals surface area contributed by atoms with E-state index in [9.17, 15) is 0 Å². The summed E-state index contributed by atoms with van der Waals surface area (Å²) >= 11 is 0. The molecule has 1 heterocycles.